The molecule has 1 aromatic carbocycles. The lowest BCUT2D eigenvalue weighted by atomic mass is 10.0. The molecule has 1 aliphatic rings. The minimum atomic E-state index is -0.574. The van der Waals surface area contributed by atoms with E-state index < -0.39 is 10.7 Å². The molecule has 0 spiro atoms. The third-order valence-electron chi connectivity index (χ3n) is 3.34. The lowest BCUT2D eigenvalue weighted by molar-refractivity contribution is -0.385. The normalized spacial score (nSPS) is 16.6. The number of nitro groups is 1. The van der Waals surface area contributed by atoms with Gasteiger partial charge in [-0.15, -0.1) is 0 Å². The van der Waals surface area contributed by atoms with Crippen LogP contribution < -0.4 is 5.32 Å². The van der Waals surface area contributed by atoms with Crippen LogP contribution in [0.25, 0.3) is 0 Å². The molecule has 0 heterocycles. The molecule has 0 aromatic heterocycles. The number of hydrogen-bond donors (Lipinski definition) is 1. The van der Waals surface area contributed by atoms with Crippen molar-refractivity contribution in [3.05, 3.63) is 39.7 Å². The molecule has 1 aliphatic carbocycles. The summed E-state index contributed by atoms with van der Waals surface area (Å²) < 4.78 is 13.8. The molecule has 98 valence electrons. The molecular weight excluding hydrogens is 235 g/mol. The Hall–Kier alpha value is -1.49. The Morgan fingerprint density at radius 1 is 1.56 bits per heavy atom. The average Bonchev–Trinajstić information content (AvgIpc) is 3.14. The first-order valence-electron chi connectivity index (χ1n) is 6.28. The number of nitrogens with zero attached hydrogens (tertiary/aromatic N) is 1. The van der Waals surface area contributed by atoms with Gasteiger partial charge in [0.2, 0.25) is 0 Å². The lowest BCUT2D eigenvalue weighted by Gasteiger charge is -2.17. The maximum absolute atomic E-state index is 13.8. The molecular formula is C13H17FN2O2. The molecule has 0 saturated heterocycles. The molecule has 0 amide bonds. The van der Waals surface area contributed by atoms with E-state index in [-0.39, 0.29) is 11.7 Å². The van der Waals surface area contributed by atoms with Gasteiger partial charge in [-0.05, 0) is 43.4 Å². The number of hydrogen-bond acceptors (Lipinski definition) is 3. The van der Waals surface area contributed by atoms with Gasteiger partial charge < -0.3 is 5.32 Å². The van der Waals surface area contributed by atoms with E-state index in [9.17, 15) is 14.5 Å². The first kappa shape index (κ1) is 13.0. The van der Waals surface area contributed by atoms with Gasteiger partial charge in [-0.25, -0.2) is 4.39 Å². The molecule has 4 nitrogen and oxygen atoms in total. The molecule has 1 fully saturated rings. The standard InChI is InChI=1S/C13H17FN2O2/c1-2-15-13(9-3-4-9)7-10-5-6-11(16(17)18)8-12(10)14/h5-6,8-9,13,15H,2-4,7H2,1H3. The van der Waals surface area contributed by atoms with E-state index in [4.69, 9.17) is 0 Å². The quantitative estimate of drug-likeness (QED) is 0.625. The Kier molecular flexibility index (Phi) is 3.91. The zero-order valence-electron chi connectivity index (χ0n) is 10.4. The van der Waals surface area contributed by atoms with Crippen LogP contribution in [0.2, 0.25) is 0 Å². The SMILES string of the molecule is CCNC(Cc1ccc([N+](=O)[O-])cc1F)C1CC1. The van der Waals surface area contributed by atoms with Gasteiger partial charge in [0.05, 0.1) is 11.0 Å². The van der Waals surface area contributed by atoms with E-state index in [1.54, 1.807) is 0 Å². The minimum absolute atomic E-state index is 0.192. The number of non-ortho nitro benzene ring substituents is 1. The van der Waals surface area contributed by atoms with E-state index in [1.165, 1.54) is 25.0 Å². The number of rotatable bonds is 6. The predicted molar refractivity (Wildman–Crippen MR) is 66.9 cm³/mol. The highest BCUT2D eigenvalue weighted by molar-refractivity contribution is 5.34. The Balaban J connectivity index is 2.10. The van der Waals surface area contributed by atoms with Crippen molar-refractivity contribution >= 4 is 5.69 Å². The fraction of sp³-hybridized carbons (Fsp3) is 0.538. The Morgan fingerprint density at radius 3 is 2.78 bits per heavy atom. The van der Waals surface area contributed by atoms with E-state index in [0.717, 1.165) is 12.6 Å². The summed E-state index contributed by atoms with van der Waals surface area (Å²) in [4.78, 5) is 9.96. The van der Waals surface area contributed by atoms with Crippen LogP contribution >= 0.6 is 0 Å². The first-order chi connectivity index (χ1) is 8.61. The zero-order chi connectivity index (χ0) is 13.1. The molecule has 1 N–H and O–H groups in total. The molecule has 0 aliphatic heterocycles. The van der Waals surface area contributed by atoms with E-state index in [0.29, 0.717) is 17.9 Å². The van der Waals surface area contributed by atoms with Crippen molar-refractivity contribution < 1.29 is 9.31 Å². The Morgan fingerprint density at radius 2 is 2.28 bits per heavy atom. The van der Waals surface area contributed by atoms with Gasteiger partial charge in [-0.1, -0.05) is 6.92 Å². The van der Waals surface area contributed by atoms with Crippen LogP contribution in [-0.4, -0.2) is 17.5 Å². The molecule has 2 rings (SSSR count). The fourth-order valence-corrected chi connectivity index (χ4v) is 2.22. The summed E-state index contributed by atoms with van der Waals surface area (Å²) in [5.41, 5.74) is 0.362. The first-order valence-corrected chi connectivity index (χ1v) is 6.28. The minimum Gasteiger partial charge on any atom is -0.314 e. The molecule has 1 aromatic rings. The van der Waals surface area contributed by atoms with Gasteiger partial charge in [0.1, 0.15) is 5.82 Å². The van der Waals surface area contributed by atoms with Gasteiger partial charge in [0.25, 0.3) is 5.69 Å². The summed E-state index contributed by atoms with van der Waals surface area (Å²) >= 11 is 0. The fourth-order valence-electron chi connectivity index (χ4n) is 2.22. The molecule has 0 radical (unpaired) electrons. The summed E-state index contributed by atoms with van der Waals surface area (Å²) in [6, 6.07) is 4.19. The summed E-state index contributed by atoms with van der Waals surface area (Å²) in [7, 11) is 0. The highest BCUT2D eigenvalue weighted by Crippen LogP contribution is 2.34. The van der Waals surface area contributed by atoms with Crippen molar-refractivity contribution in [2.75, 3.05) is 6.54 Å². The number of benzene rings is 1. The van der Waals surface area contributed by atoms with Crippen LogP contribution in [0, 0.1) is 21.8 Å². The molecule has 1 unspecified atom stereocenters. The third-order valence-corrected chi connectivity index (χ3v) is 3.34. The highest BCUT2D eigenvalue weighted by atomic mass is 19.1. The van der Waals surface area contributed by atoms with Crippen LogP contribution in [0.3, 0.4) is 0 Å². The average molecular weight is 252 g/mol. The number of halogens is 1. The number of likely N-dealkylation sites (N-methyl/N-ethyl adjacent to an activating group) is 1. The summed E-state index contributed by atoms with van der Waals surface area (Å²) in [6.45, 7) is 2.89. The smallest absolute Gasteiger partial charge is 0.272 e. The second-order valence-corrected chi connectivity index (χ2v) is 4.74. The van der Waals surface area contributed by atoms with Crippen molar-refractivity contribution in [2.45, 2.75) is 32.2 Å². The van der Waals surface area contributed by atoms with Crippen LogP contribution in [0.5, 0.6) is 0 Å². The van der Waals surface area contributed by atoms with Crippen molar-refractivity contribution in [1.82, 2.24) is 5.32 Å². The molecule has 18 heavy (non-hydrogen) atoms. The summed E-state index contributed by atoms with van der Waals surface area (Å²) in [5, 5.41) is 13.9. The molecule has 1 saturated carbocycles. The lowest BCUT2D eigenvalue weighted by Crippen LogP contribution is -2.33. The second kappa shape index (κ2) is 5.44. The van der Waals surface area contributed by atoms with Crippen molar-refractivity contribution in [3.8, 4) is 0 Å². The molecule has 0 bridgehead atoms. The van der Waals surface area contributed by atoms with Gasteiger partial charge >= 0.3 is 0 Å². The van der Waals surface area contributed by atoms with Gasteiger partial charge in [-0.3, -0.25) is 10.1 Å². The van der Waals surface area contributed by atoms with Crippen molar-refractivity contribution in [3.63, 3.8) is 0 Å². The van der Waals surface area contributed by atoms with Crippen LogP contribution in [0.4, 0.5) is 10.1 Å². The molecule has 1 atom stereocenters. The monoisotopic (exact) mass is 252 g/mol. The van der Waals surface area contributed by atoms with E-state index >= 15 is 0 Å². The largest absolute Gasteiger partial charge is 0.314 e. The molecule has 5 heteroatoms. The zero-order valence-corrected chi connectivity index (χ0v) is 10.4. The van der Waals surface area contributed by atoms with Gasteiger partial charge in [-0.2, -0.15) is 0 Å². The van der Waals surface area contributed by atoms with Crippen molar-refractivity contribution in [2.24, 2.45) is 5.92 Å². The van der Waals surface area contributed by atoms with Crippen LogP contribution in [0.15, 0.2) is 18.2 Å². The number of nitro benzene ring substituents is 1. The maximum Gasteiger partial charge on any atom is 0.272 e. The summed E-state index contributed by atoms with van der Waals surface area (Å²) in [6.07, 6.45) is 2.97. The Bertz CT molecular complexity index is 447. The van der Waals surface area contributed by atoms with E-state index in [1.807, 2.05) is 6.92 Å². The Labute approximate surface area is 105 Å². The second-order valence-electron chi connectivity index (χ2n) is 4.74. The predicted octanol–water partition coefficient (Wildman–Crippen LogP) is 2.66. The van der Waals surface area contributed by atoms with Gasteiger partial charge in [0, 0.05) is 12.1 Å². The highest BCUT2D eigenvalue weighted by Gasteiger charge is 2.31. The van der Waals surface area contributed by atoms with Crippen LogP contribution in [-0.2, 0) is 6.42 Å². The summed E-state index contributed by atoms with van der Waals surface area (Å²) in [5.74, 6) is 0.146. The topological polar surface area (TPSA) is 55.2 Å². The third kappa shape index (κ3) is 3.04. The van der Waals surface area contributed by atoms with Crippen LogP contribution in [0.1, 0.15) is 25.3 Å². The number of nitrogens with one attached hydrogen (secondary N) is 1. The van der Waals surface area contributed by atoms with Gasteiger partial charge in [0.15, 0.2) is 0 Å². The van der Waals surface area contributed by atoms with Crippen molar-refractivity contribution in [1.29, 1.82) is 0 Å². The van der Waals surface area contributed by atoms with E-state index in [2.05, 4.69) is 5.32 Å². The maximum atomic E-state index is 13.8.